The van der Waals surface area contributed by atoms with E-state index < -0.39 is 23.5 Å². The molecule has 0 radical (unpaired) electrons. The second-order valence-electron chi connectivity index (χ2n) is 8.92. The van der Waals surface area contributed by atoms with E-state index in [2.05, 4.69) is 10.6 Å². The largest absolute Gasteiger partial charge is 0.497 e. The summed E-state index contributed by atoms with van der Waals surface area (Å²) < 4.78 is 5.25. The van der Waals surface area contributed by atoms with E-state index in [4.69, 9.17) is 4.74 Å². The first-order chi connectivity index (χ1) is 17.0. The minimum atomic E-state index is -1.10. The van der Waals surface area contributed by atoms with Crippen molar-refractivity contribution in [1.29, 1.82) is 0 Å². The van der Waals surface area contributed by atoms with Gasteiger partial charge in [-0.3, -0.25) is 14.5 Å². The molecule has 1 spiro atoms. The van der Waals surface area contributed by atoms with Gasteiger partial charge < -0.3 is 15.4 Å². The molecular formula is C28H27N3O4. The Balaban J connectivity index is 1.37. The van der Waals surface area contributed by atoms with Gasteiger partial charge in [0.1, 0.15) is 17.8 Å². The van der Waals surface area contributed by atoms with Crippen LogP contribution in [0.2, 0.25) is 0 Å². The highest BCUT2D eigenvalue weighted by Gasteiger charge is 2.54. The second kappa shape index (κ2) is 9.25. The molecule has 7 nitrogen and oxygen atoms in total. The molecule has 7 heteroatoms. The van der Waals surface area contributed by atoms with E-state index >= 15 is 0 Å². The van der Waals surface area contributed by atoms with Crippen molar-refractivity contribution in [3.05, 3.63) is 101 Å². The summed E-state index contributed by atoms with van der Waals surface area (Å²) in [6, 6.07) is 23.7. The van der Waals surface area contributed by atoms with Crippen molar-refractivity contribution in [1.82, 2.24) is 15.5 Å². The van der Waals surface area contributed by atoms with Crippen LogP contribution in [-0.2, 0) is 21.5 Å². The Labute approximate surface area is 204 Å². The highest BCUT2D eigenvalue weighted by atomic mass is 16.5. The second-order valence-corrected chi connectivity index (χ2v) is 8.92. The molecule has 1 saturated heterocycles. The Hall–Kier alpha value is -4.13. The van der Waals surface area contributed by atoms with Crippen molar-refractivity contribution in [2.75, 3.05) is 13.7 Å². The van der Waals surface area contributed by atoms with Gasteiger partial charge in [-0.15, -0.1) is 0 Å². The lowest BCUT2D eigenvalue weighted by Crippen LogP contribution is -2.47. The van der Waals surface area contributed by atoms with Gasteiger partial charge in [0.25, 0.3) is 5.91 Å². The Bertz CT molecular complexity index is 1260. The predicted octanol–water partition coefficient (Wildman–Crippen LogP) is 3.68. The molecule has 178 valence electrons. The number of ether oxygens (including phenoxy) is 1. The number of carbonyl (C=O) groups excluding carboxylic acids is 3. The maximum Gasteiger partial charge on any atom is 0.325 e. The minimum absolute atomic E-state index is 0.353. The standard InChI is InChI=1S/C28H27N3O4/c1-35-22-15-13-21(14-16-22)25(20-9-3-2-4-10-20)29-24(32)18-31-26(33)28(30-27(31)34)17-7-11-19-8-5-6-12-23(19)28/h2-6,8-10,12-16,25H,7,11,17-18H2,1H3,(H,29,32)(H,30,34). The molecule has 1 aliphatic heterocycles. The Morgan fingerprint density at radius 3 is 2.43 bits per heavy atom. The highest BCUT2D eigenvalue weighted by molar-refractivity contribution is 6.09. The first kappa shape index (κ1) is 22.7. The van der Waals surface area contributed by atoms with Crippen LogP contribution < -0.4 is 15.4 Å². The van der Waals surface area contributed by atoms with E-state index in [1.54, 1.807) is 7.11 Å². The van der Waals surface area contributed by atoms with Gasteiger partial charge in [0, 0.05) is 0 Å². The van der Waals surface area contributed by atoms with Gasteiger partial charge >= 0.3 is 6.03 Å². The van der Waals surface area contributed by atoms with Gasteiger partial charge in [0.15, 0.2) is 0 Å². The molecule has 1 fully saturated rings. The first-order valence-corrected chi connectivity index (χ1v) is 11.7. The number of methoxy groups -OCH3 is 1. The smallest absolute Gasteiger partial charge is 0.325 e. The third-order valence-electron chi connectivity index (χ3n) is 6.84. The van der Waals surface area contributed by atoms with Crippen molar-refractivity contribution in [2.24, 2.45) is 0 Å². The van der Waals surface area contributed by atoms with Crippen molar-refractivity contribution in [3.63, 3.8) is 0 Å². The van der Waals surface area contributed by atoms with Crippen molar-refractivity contribution in [2.45, 2.75) is 30.8 Å². The summed E-state index contributed by atoms with van der Waals surface area (Å²) in [5.74, 6) is -0.0749. The zero-order chi connectivity index (χ0) is 24.4. The third-order valence-corrected chi connectivity index (χ3v) is 6.84. The molecule has 2 N–H and O–H groups in total. The molecule has 0 aromatic heterocycles. The number of nitrogens with zero attached hydrogens (tertiary/aromatic N) is 1. The van der Waals surface area contributed by atoms with Gasteiger partial charge in [-0.1, -0.05) is 66.7 Å². The average molecular weight is 470 g/mol. The number of nitrogens with one attached hydrogen (secondary N) is 2. The van der Waals surface area contributed by atoms with Crippen molar-refractivity contribution in [3.8, 4) is 5.75 Å². The fourth-order valence-corrected chi connectivity index (χ4v) is 5.11. The number of amides is 4. The topological polar surface area (TPSA) is 87.7 Å². The number of benzene rings is 3. The van der Waals surface area contributed by atoms with Gasteiger partial charge in [0.2, 0.25) is 5.91 Å². The number of imide groups is 1. The molecule has 2 unspecified atom stereocenters. The van der Waals surface area contributed by atoms with Crippen LogP contribution in [0.25, 0.3) is 0 Å². The number of aryl methyl sites for hydroxylation is 1. The maximum atomic E-state index is 13.5. The number of rotatable bonds is 6. The molecule has 0 saturated carbocycles. The molecular weight excluding hydrogens is 442 g/mol. The van der Waals surface area contributed by atoms with Gasteiger partial charge in [-0.05, 0) is 53.6 Å². The van der Waals surface area contributed by atoms with Crippen LogP contribution in [-0.4, -0.2) is 36.4 Å². The van der Waals surface area contributed by atoms with E-state index in [1.807, 2.05) is 78.9 Å². The SMILES string of the molecule is COc1ccc(C(NC(=O)CN2C(=O)NC3(CCCc4ccccc43)C2=O)c2ccccc2)cc1. The molecule has 2 aliphatic rings. The molecule has 1 aliphatic carbocycles. The van der Waals surface area contributed by atoms with E-state index in [0.29, 0.717) is 12.2 Å². The van der Waals surface area contributed by atoms with Crippen LogP contribution in [0.5, 0.6) is 5.75 Å². The van der Waals surface area contributed by atoms with E-state index in [-0.39, 0.29) is 12.5 Å². The quantitative estimate of drug-likeness (QED) is 0.539. The zero-order valence-corrected chi connectivity index (χ0v) is 19.5. The van der Waals surface area contributed by atoms with Crippen molar-refractivity contribution < 1.29 is 19.1 Å². The first-order valence-electron chi connectivity index (χ1n) is 11.7. The Morgan fingerprint density at radius 2 is 1.69 bits per heavy atom. The predicted molar refractivity (Wildman–Crippen MR) is 131 cm³/mol. The average Bonchev–Trinajstić information content (AvgIpc) is 3.12. The normalized spacial score (nSPS) is 19.7. The van der Waals surface area contributed by atoms with Crippen LogP contribution in [0, 0.1) is 0 Å². The molecule has 1 heterocycles. The Kier molecular flexibility index (Phi) is 5.99. The fraction of sp³-hybridized carbons (Fsp3) is 0.250. The van der Waals surface area contributed by atoms with Gasteiger partial charge in [-0.2, -0.15) is 0 Å². The van der Waals surface area contributed by atoms with Gasteiger partial charge in [0.05, 0.1) is 13.2 Å². The van der Waals surface area contributed by atoms with E-state index in [0.717, 1.165) is 40.0 Å². The molecule has 2 atom stereocenters. The number of hydrogen-bond donors (Lipinski definition) is 2. The van der Waals surface area contributed by atoms with Crippen molar-refractivity contribution >= 4 is 17.8 Å². The molecule has 0 bridgehead atoms. The summed E-state index contributed by atoms with van der Waals surface area (Å²) in [5, 5.41) is 5.92. The molecule has 4 amide bonds. The van der Waals surface area contributed by atoms with Crippen LogP contribution in [0.3, 0.4) is 0 Å². The zero-order valence-electron chi connectivity index (χ0n) is 19.5. The van der Waals surface area contributed by atoms with Crippen LogP contribution in [0.4, 0.5) is 4.79 Å². The fourth-order valence-electron chi connectivity index (χ4n) is 5.11. The summed E-state index contributed by atoms with van der Waals surface area (Å²) in [7, 11) is 1.60. The number of hydrogen-bond acceptors (Lipinski definition) is 4. The molecule has 3 aromatic carbocycles. The van der Waals surface area contributed by atoms with E-state index in [1.165, 1.54) is 0 Å². The summed E-state index contributed by atoms with van der Waals surface area (Å²) in [6.07, 6.45) is 2.17. The van der Waals surface area contributed by atoms with Crippen LogP contribution in [0.1, 0.15) is 41.1 Å². The number of fused-ring (bicyclic) bond motifs is 2. The minimum Gasteiger partial charge on any atom is -0.497 e. The number of carbonyl (C=O) groups is 3. The Morgan fingerprint density at radius 1 is 1.00 bits per heavy atom. The third kappa shape index (κ3) is 4.14. The monoisotopic (exact) mass is 469 g/mol. The van der Waals surface area contributed by atoms with E-state index in [9.17, 15) is 14.4 Å². The molecule has 3 aromatic rings. The van der Waals surface area contributed by atoms with Crippen LogP contribution in [0.15, 0.2) is 78.9 Å². The van der Waals surface area contributed by atoms with Gasteiger partial charge in [-0.25, -0.2) is 4.79 Å². The summed E-state index contributed by atoms with van der Waals surface area (Å²) in [4.78, 5) is 40.6. The molecule has 35 heavy (non-hydrogen) atoms. The number of urea groups is 1. The van der Waals surface area contributed by atoms with Crippen LogP contribution >= 0.6 is 0 Å². The lowest BCUT2D eigenvalue weighted by atomic mass is 9.76. The summed E-state index contributed by atoms with van der Waals surface area (Å²) >= 11 is 0. The summed E-state index contributed by atoms with van der Waals surface area (Å²) in [6.45, 7) is -0.353. The summed E-state index contributed by atoms with van der Waals surface area (Å²) in [5.41, 5.74) is 2.54. The molecule has 5 rings (SSSR count). The highest BCUT2D eigenvalue weighted by Crippen LogP contribution is 2.39. The lowest BCUT2D eigenvalue weighted by Gasteiger charge is -2.33. The lowest BCUT2D eigenvalue weighted by molar-refractivity contribution is -0.135. The maximum absolute atomic E-state index is 13.5.